The second-order valence-corrected chi connectivity index (χ2v) is 6.59. The number of aryl methyl sites for hydroxylation is 1. The van der Waals surface area contributed by atoms with Gasteiger partial charge >= 0.3 is 0 Å². The van der Waals surface area contributed by atoms with E-state index in [4.69, 9.17) is 5.73 Å². The van der Waals surface area contributed by atoms with Crippen molar-refractivity contribution in [3.8, 4) is 0 Å². The number of nitrogens with two attached hydrogens (primary N) is 1. The first kappa shape index (κ1) is 14.7. The maximum Gasteiger partial charge on any atom is 0.262 e. The topological polar surface area (TPSA) is 85.1 Å². The van der Waals surface area contributed by atoms with E-state index in [0.717, 1.165) is 17.7 Å². The molecule has 0 saturated heterocycles. The number of anilines is 2. The van der Waals surface area contributed by atoms with Gasteiger partial charge in [-0.2, -0.15) is 0 Å². The lowest BCUT2D eigenvalue weighted by atomic mass is 10.3. The molecule has 1 heterocycles. The molecule has 8 heteroatoms. The maximum absolute atomic E-state index is 13.2. The van der Waals surface area contributed by atoms with Crippen LogP contribution < -0.4 is 10.5 Å². The van der Waals surface area contributed by atoms with Crippen LogP contribution >= 0.6 is 15.9 Å². The number of aromatic nitrogens is 1. The number of halogens is 2. The van der Waals surface area contributed by atoms with Crippen molar-refractivity contribution in [1.29, 1.82) is 0 Å². The number of benzene rings is 1. The standard InChI is InChI=1S/C12H11BrFN3O2S/c1-7-2-10(6-16-12(7)13)17-20(18,19)11-4-8(14)3-9(15)5-11/h2-6,17H,15H2,1H3. The minimum Gasteiger partial charge on any atom is -0.399 e. The van der Waals surface area contributed by atoms with Gasteiger partial charge in [-0.1, -0.05) is 0 Å². The second-order valence-electron chi connectivity index (χ2n) is 4.16. The van der Waals surface area contributed by atoms with Crippen LogP contribution in [-0.4, -0.2) is 13.4 Å². The summed E-state index contributed by atoms with van der Waals surface area (Å²) in [6.45, 7) is 1.77. The van der Waals surface area contributed by atoms with Gasteiger partial charge in [-0.25, -0.2) is 17.8 Å². The quantitative estimate of drug-likeness (QED) is 0.651. The number of pyridine rings is 1. The highest BCUT2D eigenvalue weighted by atomic mass is 79.9. The van der Waals surface area contributed by atoms with Crippen molar-refractivity contribution in [2.75, 3.05) is 10.5 Å². The molecule has 0 aliphatic carbocycles. The zero-order valence-corrected chi connectivity index (χ0v) is 12.8. The Hall–Kier alpha value is -1.67. The van der Waals surface area contributed by atoms with Crippen LogP contribution in [-0.2, 0) is 10.0 Å². The summed E-state index contributed by atoms with van der Waals surface area (Å²) in [6, 6.07) is 4.74. The smallest absolute Gasteiger partial charge is 0.262 e. The predicted molar refractivity (Wildman–Crippen MR) is 78.3 cm³/mol. The van der Waals surface area contributed by atoms with Crippen LogP contribution in [0.15, 0.2) is 40.0 Å². The monoisotopic (exact) mass is 359 g/mol. The third-order valence-electron chi connectivity index (χ3n) is 2.47. The molecular formula is C12H11BrFN3O2S. The van der Waals surface area contributed by atoms with Crippen molar-refractivity contribution in [1.82, 2.24) is 4.98 Å². The van der Waals surface area contributed by atoms with Gasteiger partial charge in [0.15, 0.2) is 0 Å². The Morgan fingerprint density at radius 1 is 1.30 bits per heavy atom. The van der Waals surface area contributed by atoms with Crippen LogP contribution in [0.25, 0.3) is 0 Å². The molecule has 2 aromatic rings. The van der Waals surface area contributed by atoms with Crippen LogP contribution in [0.3, 0.4) is 0 Å². The van der Waals surface area contributed by atoms with Crippen LogP contribution in [0.2, 0.25) is 0 Å². The third-order valence-corrected chi connectivity index (χ3v) is 4.66. The Morgan fingerprint density at radius 2 is 2.00 bits per heavy atom. The number of nitrogens with one attached hydrogen (secondary N) is 1. The van der Waals surface area contributed by atoms with Crippen LogP contribution in [0, 0.1) is 12.7 Å². The first-order valence-electron chi connectivity index (χ1n) is 5.49. The number of nitrogen functional groups attached to an aromatic ring is 1. The average Bonchev–Trinajstić information content (AvgIpc) is 2.32. The molecule has 0 radical (unpaired) electrons. The Labute approximate surface area is 124 Å². The lowest BCUT2D eigenvalue weighted by molar-refractivity contribution is 0.595. The van der Waals surface area contributed by atoms with Crippen molar-refractivity contribution in [2.45, 2.75) is 11.8 Å². The van der Waals surface area contributed by atoms with Gasteiger partial charge in [0.1, 0.15) is 10.4 Å². The fourth-order valence-electron chi connectivity index (χ4n) is 1.57. The molecule has 0 amide bonds. The van der Waals surface area contributed by atoms with E-state index in [9.17, 15) is 12.8 Å². The average molecular weight is 360 g/mol. The molecule has 1 aromatic heterocycles. The molecule has 0 spiro atoms. The molecule has 3 N–H and O–H groups in total. The third kappa shape index (κ3) is 3.26. The Balaban J connectivity index is 2.37. The highest BCUT2D eigenvalue weighted by molar-refractivity contribution is 9.10. The van der Waals surface area contributed by atoms with Crippen molar-refractivity contribution in [3.05, 3.63) is 46.4 Å². The van der Waals surface area contributed by atoms with Crippen LogP contribution in [0.1, 0.15) is 5.56 Å². The summed E-state index contributed by atoms with van der Waals surface area (Å²) in [5, 5.41) is 0. The van der Waals surface area contributed by atoms with Gasteiger partial charge in [0, 0.05) is 5.69 Å². The van der Waals surface area contributed by atoms with Crippen molar-refractivity contribution in [3.63, 3.8) is 0 Å². The first-order chi connectivity index (χ1) is 9.28. The fraction of sp³-hybridized carbons (Fsp3) is 0.0833. The maximum atomic E-state index is 13.2. The summed E-state index contributed by atoms with van der Waals surface area (Å²) in [5.74, 6) is -0.713. The molecule has 0 bridgehead atoms. The molecule has 5 nitrogen and oxygen atoms in total. The Morgan fingerprint density at radius 3 is 2.60 bits per heavy atom. The lowest BCUT2D eigenvalue weighted by Gasteiger charge is -2.09. The van der Waals surface area contributed by atoms with E-state index >= 15 is 0 Å². The summed E-state index contributed by atoms with van der Waals surface area (Å²) in [4.78, 5) is 3.74. The van der Waals surface area contributed by atoms with Gasteiger partial charge in [-0.3, -0.25) is 4.72 Å². The normalized spacial score (nSPS) is 11.3. The molecule has 0 aliphatic rings. The molecule has 1 aromatic carbocycles. The summed E-state index contributed by atoms with van der Waals surface area (Å²) in [7, 11) is -3.91. The first-order valence-corrected chi connectivity index (χ1v) is 7.76. The molecule has 0 unspecified atom stereocenters. The summed E-state index contributed by atoms with van der Waals surface area (Å²) >= 11 is 3.22. The van der Waals surface area contributed by atoms with Gasteiger partial charge in [-0.05, 0) is 52.7 Å². The van der Waals surface area contributed by atoms with Gasteiger partial charge in [0.05, 0.1) is 16.8 Å². The largest absolute Gasteiger partial charge is 0.399 e. The van der Waals surface area contributed by atoms with E-state index < -0.39 is 15.8 Å². The molecule has 0 aliphatic heterocycles. The molecule has 0 saturated carbocycles. The Kier molecular flexibility index (Phi) is 3.96. The molecule has 106 valence electrons. The van der Waals surface area contributed by atoms with Crippen molar-refractivity contribution >= 4 is 37.3 Å². The molecular weight excluding hydrogens is 349 g/mol. The van der Waals surface area contributed by atoms with E-state index in [1.165, 1.54) is 12.3 Å². The number of nitrogens with zero attached hydrogens (tertiary/aromatic N) is 1. The van der Waals surface area contributed by atoms with Crippen LogP contribution in [0.4, 0.5) is 15.8 Å². The number of rotatable bonds is 3. The SMILES string of the molecule is Cc1cc(NS(=O)(=O)c2cc(N)cc(F)c2)cnc1Br. The second kappa shape index (κ2) is 5.37. The van der Waals surface area contributed by atoms with E-state index in [2.05, 4.69) is 25.6 Å². The minimum atomic E-state index is -3.91. The van der Waals surface area contributed by atoms with E-state index in [1.54, 1.807) is 13.0 Å². The van der Waals surface area contributed by atoms with Gasteiger partial charge in [-0.15, -0.1) is 0 Å². The van der Waals surface area contributed by atoms with Gasteiger partial charge < -0.3 is 5.73 Å². The summed E-state index contributed by atoms with van der Waals surface area (Å²) in [6.07, 6.45) is 1.36. The van der Waals surface area contributed by atoms with E-state index in [-0.39, 0.29) is 16.3 Å². The van der Waals surface area contributed by atoms with Crippen molar-refractivity contribution < 1.29 is 12.8 Å². The predicted octanol–water partition coefficient (Wildman–Crippen LogP) is 2.67. The van der Waals surface area contributed by atoms with E-state index in [1.807, 2.05) is 0 Å². The number of sulfonamides is 1. The van der Waals surface area contributed by atoms with Crippen LogP contribution in [0.5, 0.6) is 0 Å². The highest BCUT2D eigenvalue weighted by Crippen LogP contribution is 2.21. The summed E-state index contributed by atoms with van der Waals surface area (Å²) in [5.41, 5.74) is 6.53. The zero-order chi connectivity index (χ0) is 14.9. The molecule has 0 fully saturated rings. The van der Waals surface area contributed by atoms with E-state index in [0.29, 0.717) is 4.60 Å². The molecule has 2 rings (SSSR count). The molecule has 0 atom stereocenters. The van der Waals surface area contributed by atoms with Crippen molar-refractivity contribution in [2.24, 2.45) is 0 Å². The lowest BCUT2D eigenvalue weighted by Crippen LogP contribution is -2.14. The number of hydrogen-bond acceptors (Lipinski definition) is 4. The zero-order valence-electron chi connectivity index (χ0n) is 10.4. The van der Waals surface area contributed by atoms with Gasteiger partial charge in [0.2, 0.25) is 0 Å². The fourth-order valence-corrected chi connectivity index (χ4v) is 2.88. The highest BCUT2D eigenvalue weighted by Gasteiger charge is 2.16. The number of hydrogen-bond donors (Lipinski definition) is 2. The summed E-state index contributed by atoms with van der Waals surface area (Å²) < 4.78 is 40.4. The molecule has 20 heavy (non-hydrogen) atoms. The Bertz CT molecular complexity index is 745. The van der Waals surface area contributed by atoms with Gasteiger partial charge in [0.25, 0.3) is 10.0 Å². The minimum absolute atomic E-state index is 0.0375.